The van der Waals surface area contributed by atoms with Gasteiger partial charge in [0.1, 0.15) is 11.4 Å². The smallest absolute Gasteiger partial charge is 0.325 e. The molecule has 0 aliphatic heterocycles. The number of aryl methyl sites for hydroxylation is 1. The minimum absolute atomic E-state index is 0.141. The van der Waals surface area contributed by atoms with E-state index in [-0.39, 0.29) is 12.5 Å². The predicted molar refractivity (Wildman–Crippen MR) is 79.8 cm³/mol. The van der Waals surface area contributed by atoms with Crippen LogP contribution in [0, 0.1) is 0 Å². The van der Waals surface area contributed by atoms with Gasteiger partial charge in [0.15, 0.2) is 5.13 Å². The topological polar surface area (TPSA) is 73.2 Å². The van der Waals surface area contributed by atoms with Crippen LogP contribution in [0.5, 0.6) is 0 Å². The van der Waals surface area contributed by atoms with Crippen LogP contribution in [-0.4, -0.2) is 35.1 Å². The van der Waals surface area contributed by atoms with Crippen molar-refractivity contribution in [2.45, 2.75) is 19.8 Å². The van der Waals surface area contributed by atoms with Crippen molar-refractivity contribution < 1.29 is 14.3 Å². The highest BCUT2D eigenvalue weighted by Gasteiger charge is 2.18. The van der Waals surface area contributed by atoms with E-state index in [2.05, 4.69) is 15.0 Å². The number of carbonyl (C=O) groups is 2. The molecule has 0 aromatic carbocycles. The molecule has 112 valence electrons. The lowest BCUT2D eigenvalue weighted by molar-refractivity contribution is -0.139. The molecule has 6 nitrogen and oxygen atoms in total. The molecule has 0 bridgehead atoms. The molecule has 2 aromatic rings. The van der Waals surface area contributed by atoms with Crippen molar-refractivity contribution in [3.8, 4) is 5.13 Å². The van der Waals surface area contributed by atoms with Crippen LogP contribution >= 0.6 is 11.3 Å². The SMILES string of the molecule is CCCc1nc(-n2cccc2)sc1C(=O)NCC(=O)OC. The van der Waals surface area contributed by atoms with E-state index in [4.69, 9.17) is 0 Å². The van der Waals surface area contributed by atoms with E-state index >= 15 is 0 Å². The summed E-state index contributed by atoms with van der Waals surface area (Å²) >= 11 is 1.31. The summed E-state index contributed by atoms with van der Waals surface area (Å²) in [7, 11) is 1.29. The van der Waals surface area contributed by atoms with E-state index in [0.717, 1.165) is 23.7 Å². The first-order chi connectivity index (χ1) is 10.2. The Labute approximate surface area is 126 Å². The zero-order valence-electron chi connectivity index (χ0n) is 12.0. The largest absolute Gasteiger partial charge is 0.468 e. The average Bonchev–Trinajstić information content (AvgIpc) is 3.13. The van der Waals surface area contributed by atoms with Gasteiger partial charge in [0, 0.05) is 12.4 Å². The second-order valence-corrected chi connectivity index (χ2v) is 5.35. The number of aromatic nitrogens is 2. The number of rotatable bonds is 6. The van der Waals surface area contributed by atoms with Crippen molar-refractivity contribution in [3.63, 3.8) is 0 Å². The van der Waals surface area contributed by atoms with E-state index < -0.39 is 5.97 Å². The van der Waals surface area contributed by atoms with Gasteiger partial charge in [0.25, 0.3) is 5.91 Å². The summed E-state index contributed by atoms with van der Waals surface area (Å²) in [4.78, 5) is 28.3. The Balaban J connectivity index is 2.20. The monoisotopic (exact) mass is 307 g/mol. The maximum Gasteiger partial charge on any atom is 0.325 e. The number of methoxy groups -OCH3 is 1. The molecular weight excluding hydrogens is 290 g/mol. The molecule has 2 heterocycles. The number of nitrogens with one attached hydrogen (secondary N) is 1. The maximum absolute atomic E-state index is 12.2. The molecule has 0 saturated carbocycles. The first-order valence-electron chi connectivity index (χ1n) is 6.63. The van der Waals surface area contributed by atoms with Gasteiger partial charge >= 0.3 is 5.97 Å². The molecule has 0 spiro atoms. The van der Waals surface area contributed by atoms with Crippen LogP contribution < -0.4 is 5.32 Å². The quantitative estimate of drug-likeness (QED) is 0.826. The molecule has 1 amide bonds. The molecule has 0 unspecified atom stereocenters. The highest BCUT2D eigenvalue weighted by atomic mass is 32.1. The average molecular weight is 307 g/mol. The van der Waals surface area contributed by atoms with Crippen LogP contribution in [0.2, 0.25) is 0 Å². The summed E-state index contributed by atoms with van der Waals surface area (Å²) in [6.07, 6.45) is 5.38. The van der Waals surface area contributed by atoms with Gasteiger partial charge < -0.3 is 14.6 Å². The fraction of sp³-hybridized carbons (Fsp3) is 0.357. The highest BCUT2D eigenvalue weighted by Crippen LogP contribution is 2.23. The Morgan fingerprint density at radius 2 is 2.10 bits per heavy atom. The van der Waals surface area contributed by atoms with E-state index in [1.54, 1.807) is 0 Å². The number of nitrogens with zero attached hydrogens (tertiary/aromatic N) is 2. The first kappa shape index (κ1) is 15.2. The van der Waals surface area contributed by atoms with E-state index in [0.29, 0.717) is 4.88 Å². The van der Waals surface area contributed by atoms with Crippen molar-refractivity contribution in [2.24, 2.45) is 0 Å². The number of thiazole rings is 1. The number of carbonyl (C=O) groups excluding carboxylic acids is 2. The summed E-state index contributed by atoms with van der Waals surface area (Å²) < 4.78 is 6.37. The third-order valence-electron chi connectivity index (χ3n) is 2.83. The zero-order chi connectivity index (χ0) is 15.2. The molecule has 0 fully saturated rings. The number of esters is 1. The predicted octanol–water partition coefficient (Wildman–Crippen LogP) is 1.79. The molecule has 0 radical (unpaired) electrons. The standard InChI is InChI=1S/C14H17N3O3S/c1-3-6-10-12(13(19)15-9-11(18)20-2)21-14(16-10)17-7-4-5-8-17/h4-5,7-8H,3,6,9H2,1-2H3,(H,15,19). The summed E-state index contributed by atoms with van der Waals surface area (Å²) in [6, 6.07) is 3.80. The summed E-state index contributed by atoms with van der Waals surface area (Å²) in [5.74, 6) is -0.768. The van der Waals surface area contributed by atoms with Crippen LogP contribution in [0.25, 0.3) is 5.13 Å². The van der Waals surface area contributed by atoms with Crippen molar-refractivity contribution in [1.82, 2.24) is 14.9 Å². The van der Waals surface area contributed by atoms with Gasteiger partial charge in [-0.05, 0) is 18.6 Å². The summed E-state index contributed by atoms with van der Waals surface area (Å²) in [5.41, 5.74) is 0.758. The minimum atomic E-state index is -0.476. The van der Waals surface area contributed by atoms with E-state index in [1.807, 2.05) is 36.0 Å². The molecule has 0 atom stereocenters. The lowest BCUT2D eigenvalue weighted by atomic mass is 10.2. The van der Waals surface area contributed by atoms with E-state index in [1.165, 1.54) is 18.4 Å². The minimum Gasteiger partial charge on any atom is -0.468 e. The van der Waals surface area contributed by atoms with Gasteiger partial charge in [-0.15, -0.1) is 0 Å². The molecular formula is C14H17N3O3S. The van der Waals surface area contributed by atoms with Gasteiger partial charge in [0.2, 0.25) is 0 Å². The second-order valence-electron chi connectivity index (χ2n) is 4.37. The van der Waals surface area contributed by atoms with E-state index in [9.17, 15) is 9.59 Å². The fourth-order valence-electron chi connectivity index (χ4n) is 1.80. The number of hydrogen-bond acceptors (Lipinski definition) is 5. The molecule has 1 N–H and O–H groups in total. The third kappa shape index (κ3) is 3.69. The van der Waals surface area contributed by atoms with Crippen LogP contribution in [-0.2, 0) is 16.0 Å². The number of amides is 1. The molecule has 0 aliphatic carbocycles. The molecule has 2 aromatic heterocycles. The van der Waals surface area contributed by atoms with Gasteiger partial charge in [-0.2, -0.15) is 0 Å². The Kier molecular flexibility index (Phi) is 5.10. The lowest BCUT2D eigenvalue weighted by Gasteiger charge is -2.03. The Bertz CT molecular complexity index is 619. The second kappa shape index (κ2) is 7.03. The Morgan fingerprint density at radius 1 is 1.38 bits per heavy atom. The van der Waals surface area contributed by atoms with Crippen molar-refractivity contribution in [1.29, 1.82) is 0 Å². The van der Waals surface area contributed by atoms with Gasteiger partial charge in [0.05, 0.1) is 12.8 Å². The molecule has 0 aliphatic rings. The van der Waals surface area contributed by atoms with Crippen molar-refractivity contribution in [2.75, 3.05) is 13.7 Å². The van der Waals surface area contributed by atoms with Gasteiger partial charge in [-0.3, -0.25) is 9.59 Å². The zero-order valence-corrected chi connectivity index (χ0v) is 12.8. The van der Waals surface area contributed by atoms with Crippen LogP contribution in [0.4, 0.5) is 0 Å². The summed E-state index contributed by atoms with van der Waals surface area (Å²) in [6.45, 7) is 1.89. The Hall–Kier alpha value is -2.15. The van der Waals surface area contributed by atoms with Gasteiger partial charge in [-0.1, -0.05) is 24.7 Å². The number of hydrogen-bond donors (Lipinski definition) is 1. The molecule has 2 rings (SSSR count). The molecule has 7 heteroatoms. The maximum atomic E-state index is 12.2. The molecule has 21 heavy (non-hydrogen) atoms. The number of ether oxygens (including phenoxy) is 1. The normalized spacial score (nSPS) is 10.4. The lowest BCUT2D eigenvalue weighted by Crippen LogP contribution is -2.30. The first-order valence-corrected chi connectivity index (χ1v) is 7.45. The van der Waals surface area contributed by atoms with Crippen molar-refractivity contribution >= 4 is 23.2 Å². The highest BCUT2D eigenvalue weighted by molar-refractivity contribution is 7.16. The van der Waals surface area contributed by atoms with Crippen molar-refractivity contribution in [3.05, 3.63) is 35.1 Å². The molecule has 0 saturated heterocycles. The van der Waals surface area contributed by atoms with Gasteiger partial charge in [-0.25, -0.2) is 4.98 Å². The summed E-state index contributed by atoms with van der Waals surface area (Å²) in [5, 5.41) is 3.30. The van der Waals surface area contributed by atoms with Crippen LogP contribution in [0.3, 0.4) is 0 Å². The van der Waals surface area contributed by atoms with Crippen LogP contribution in [0.1, 0.15) is 28.7 Å². The van der Waals surface area contributed by atoms with Crippen LogP contribution in [0.15, 0.2) is 24.5 Å². The fourth-order valence-corrected chi connectivity index (χ4v) is 2.80. The third-order valence-corrected chi connectivity index (χ3v) is 3.94. The Morgan fingerprint density at radius 3 is 2.71 bits per heavy atom.